The molecule has 0 aromatic heterocycles. The monoisotopic (exact) mass is 516 g/mol. The molecule has 1 amide bonds. The minimum absolute atomic E-state index is 0.0883. The average molecular weight is 516 g/mol. The lowest BCUT2D eigenvalue weighted by Crippen LogP contribution is -2.24. The first kappa shape index (κ1) is 21.6. The van der Waals surface area contributed by atoms with Gasteiger partial charge >= 0.3 is 0 Å². The maximum atomic E-state index is 12.0. The van der Waals surface area contributed by atoms with Gasteiger partial charge in [-0.2, -0.15) is 5.10 Å². The fraction of sp³-hybridized carbons (Fsp3) is 0.130. The Morgan fingerprint density at radius 1 is 1.07 bits per heavy atom. The zero-order valence-corrected chi connectivity index (χ0v) is 18.5. The number of hydrogen-bond donors (Lipinski definition) is 2. The second kappa shape index (κ2) is 10.6. The van der Waals surface area contributed by atoms with Crippen molar-refractivity contribution in [2.24, 2.45) is 5.10 Å². The summed E-state index contributed by atoms with van der Waals surface area (Å²) in [6, 6.07) is 21.0. The van der Waals surface area contributed by atoms with Gasteiger partial charge in [-0.3, -0.25) is 4.79 Å². The van der Waals surface area contributed by atoms with Gasteiger partial charge in [0.05, 0.1) is 16.4 Å². The van der Waals surface area contributed by atoms with Crippen LogP contribution in [0.15, 0.2) is 71.8 Å². The summed E-state index contributed by atoms with van der Waals surface area (Å²) in [5.41, 5.74) is 5.31. The summed E-state index contributed by atoms with van der Waals surface area (Å²) in [5, 5.41) is 13.9. The van der Waals surface area contributed by atoms with E-state index in [1.165, 1.54) is 6.21 Å². The topological polar surface area (TPSA) is 80.2 Å². The van der Waals surface area contributed by atoms with E-state index in [0.29, 0.717) is 27.2 Å². The molecule has 6 nitrogen and oxygen atoms in total. The molecule has 3 aromatic rings. The number of benzene rings is 3. The second-order valence-electron chi connectivity index (χ2n) is 6.25. The van der Waals surface area contributed by atoms with E-state index in [9.17, 15) is 9.90 Å². The summed E-state index contributed by atoms with van der Waals surface area (Å²) in [6.45, 7) is 2.12. The Bertz CT molecular complexity index is 1020. The van der Waals surface area contributed by atoms with E-state index in [2.05, 4.69) is 10.5 Å². The highest BCUT2D eigenvalue weighted by Crippen LogP contribution is 2.32. The minimum atomic E-state index is -0.378. The summed E-state index contributed by atoms with van der Waals surface area (Å²) in [6.07, 6.45) is 1.48. The molecule has 7 heteroatoms. The highest BCUT2D eigenvalue weighted by molar-refractivity contribution is 14.1. The molecule has 0 aliphatic carbocycles. The molecule has 0 heterocycles. The first-order valence-corrected chi connectivity index (χ1v) is 10.4. The lowest BCUT2D eigenvalue weighted by atomic mass is 10.1. The van der Waals surface area contributed by atoms with Crippen molar-refractivity contribution in [3.8, 4) is 28.4 Å². The molecule has 0 atom stereocenters. The van der Waals surface area contributed by atoms with E-state index >= 15 is 0 Å². The largest absolute Gasteiger partial charge is 0.504 e. The standard InChI is InChI=1S/C23H21IN2O4/c1-2-29-21-13-16(12-20(24)23(21)28)14-25-26-22(27)15-30-19-10-8-18(9-11-19)17-6-4-3-5-7-17/h3-14,28H,2,15H2,1H3,(H,26,27). The molecule has 3 rings (SSSR count). The van der Waals surface area contributed by atoms with Crippen LogP contribution in [-0.4, -0.2) is 30.4 Å². The fourth-order valence-electron chi connectivity index (χ4n) is 2.67. The number of hydrogen-bond acceptors (Lipinski definition) is 5. The molecule has 0 unspecified atom stereocenters. The van der Waals surface area contributed by atoms with Crippen LogP contribution in [-0.2, 0) is 4.79 Å². The Kier molecular flexibility index (Phi) is 7.67. The van der Waals surface area contributed by atoms with E-state index < -0.39 is 0 Å². The van der Waals surface area contributed by atoms with Crippen molar-refractivity contribution in [1.29, 1.82) is 0 Å². The van der Waals surface area contributed by atoms with Crippen LogP contribution >= 0.6 is 22.6 Å². The Hall–Kier alpha value is -3.07. The van der Waals surface area contributed by atoms with Gasteiger partial charge in [0.25, 0.3) is 5.91 Å². The number of amides is 1. The summed E-state index contributed by atoms with van der Waals surface area (Å²) in [5.74, 6) is 0.685. The third kappa shape index (κ3) is 5.96. The van der Waals surface area contributed by atoms with Crippen LogP contribution in [0.1, 0.15) is 12.5 Å². The predicted octanol–water partition coefficient (Wildman–Crippen LogP) is 4.59. The number of rotatable bonds is 8. The van der Waals surface area contributed by atoms with Gasteiger partial charge in [0, 0.05) is 0 Å². The second-order valence-corrected chi connectivity index (χ2v) is 7.42. The van der Waals surface area contributed by atoms with Crippen LogP contribution in [0.25, 0.3) is 11.1 Å². The molecule has 0 spiro atoms. The predicted molar refractivity (Wildman–Crippen MR) is 125 cm³/mol. The molecule has 0 saturated carbocycles. The van der Waals surface area contributed by atoms with Gasteiger partial charge in [-0.25, -0.2) is 5.43 Å². The third-order valence-corrected chi connectivity index (χ3v) is 4.91. The molecule has 0 aliphatic rings. The lowest BCUT2D eigenvalue weighted by Gasteiger charge is -2.08. The van der Waals surface area contributed by atoms with E-state index in [1.54, 1.807) is 12.1 Å². The van der Waals surface area contributed by atoms with Gasteiger partial charge in [0.15, 0.2) is 18.1 Å². The summed E-state index contributed by atoms with van der Waals surface area (Å²) < 4.78 is 11.5. The molecule has 0 bridgehead atoms. The Morgan fingerprint density at radius 2 is 1.77 bits per heavy atom. The van der Waals surface area contributed by atoms with E-state index in [-0.39, 0.29) is 18.3 Å². The maximum absolute atomic E-state index is 12.0. The van der Waals surface area contributed by atoms with Gasteiger partial charge in [-0.1, -0.05) is 42.5 Å². The number of phenols is 1. The van der Waals surface area contributed by atoms with Crippen LogP contribution < -0.4 is 14.9 Å². The molecule has 154 valence electrons. The summed E-state index contributed by atoms with van der Waals surface area (Å²) in [4.78, 5) is 12.0. The quantitative estimate of drug-likeness (QED) is 0.261. The minimum Gasteiger partial charge on any atom is -0.504 e. The number of halogens is 1. The molecule has 3 aromatic carbocycles. The normalized spacial score (nSPS) is 10.7. The molecule has 0 aliphatic heterocycles. The molecule has 0 saturated heterocycles. The zero-order chi connectivity index (χ0) is 21.3. The van der Waals surface area contributed by atoms with Gasteiger partial charge in [-0.05, 0) is 70.5 Å². The SMILES string of the molecule is CCOc1cc(C=NNC(=O)COc2ccc(-c3ccccc3)cc2)cc(I)c1O. The van der Waals surface area contributed by atoms with Crippen LogP contribution in [0.5, 0.6) is 17.2 Å². The van der Waals surface area contributed by atoms with Crippen molar-refractivity contribution in [3.05, 3.63) is 75.9 Å². The maximum Gasteiger partial charge on any atom is 0.277 e. The van der Waals surface area contributed by atoms with E-state index in [4.69, 9.17) is 9.47 Å². The van der Waals surface area contributed by atoms with Gasteiger partial charge < -0.3 is 14.6 Å². The summed E-state index contributed by atoms with van der Waals surface area (Å²) >= 11 is 2.01. The number of hydrazone groups is 1. The number of nitrogens with zero attached hydrogens (tertiary/aromatic N) is 1. The number of phenolic OH excluding ortho intramolecular Hbond substituents is 1. The number of aromatic hydroxyl groups is 1. The molecule has 30 heavy (non-hydrogen) atoms. The highest BCUT2D eigenvalue weighted by Gasteiger charge is 2.08. The van der Waals surface area contributed by atoms with E-state index in [0.717, 1.165) is 11.1 Å². The third-order valence-electron chi connectivity index (χ3n) is 4.08. The van der Waals surface area contributed by atoms with E-state index in [1.807, 2.05) is 84.1 Å². The lowest BCUT2D eigenvalue weighted by molar-refractivity contribution is -0.123. The van der Waals surface area contributed by atoms with Gasteiger partial charge in [0.2, 0.25) is 0 Å². The molecular formula is C23H21IN2O4. The van der Waals surface area contributed by atoms with Crippen molar-refractivity contribution >= 4 is 34.7 Å². The first-order valence-electron chi connectivity index (χ1n) is 9.32. The average Bonchev–Trinajstić information content (AvgIpc) is 2.77. The number of carbonyl (C=O) groups is 1. The van der Waals surface area contributed by atoms with Crippen molar-refractivity contribution in [2.75, 3.05) is 13.2 Å². The number of carbonyl (C=O) groups excluding carboxylic acids is 1. The van der Waals surface area contributed by atoms with Crippen LogP contribution in [0.4, 0.5) is 0 Å². The van der Waals surface area contributed by atoms with Crippen molar-refractivity contribution in [2.45, 2.75) is 6.92 Å². The van der Waals surface area contributed by atoms with Crippen molar-refractivity contribution < 1.29 is 19.4 Å². The zero-order valence-electron chi connectivity index (χ0n) is 16.3. The molecular weight excluding hydrogens is 495 g/mol. The van der Waals surface area contributed by atoms with Crippen molar-refractivity contribution in [3.63, 3.8) is 0 Å². The van der Waals surface area contributed by atoms with Crippen LogP contribution in [0, 0.1) is 3.57 Å². The number of nitrogens with one attached hydrogen (secondary N) is 1. The number of ether oxygens (including phenoxy) is 2. The fourth-order valence-corrected chi connectivity index (χ4v) is 3.29. The molecule has 2 N–H and O–H groups in total. The first-order chi connectivity index (χ1) is 14.6. The Labute approximate surface area is 188 Å². The summed E-state index contributed by atoms with van der Waals surface area (Å²) in [7, 11) is 0. The van der Waals surface area contributed by atoms with Crippen LogP contribution in [0.2, 0.25) is 0 Å². The van der Waals surface area contributed by atoms with Crippen LogP contribution in [0.3, 0.4) is 0 Å². The van der Waals surface area contributed by atoms with Gasteiger partial charge in [-0.15, -0.1) is 0 Å². The Balaban J connectivity index is 1.51. The smallest absolute Gasteiger partial charge is 0.277 e. The van der Waals surface area contributed by atoms with Gasteiger partial charge in [0.1, 0.15) is 5.75 Å². The highest BCUT2D eigenvalue weighted by atomic mass is 127. The van der Waals surface area contributed by atoms with Crippen molar-refractivity contribution in [1.82, 2.24) is 5.43 Å². The Morgan fingerprint density at radius 3 is 2.47 bits per heavy atom. The molecule has 0 radical (unpaired) electrons. The molecule has 0 fully saturated rings.